The summed E-state index contributed by atoms with van der Waals surface area (Å²) in [4.78, 5) is 26.7. The van der Waals surface area contributed by atoms with Gasteiger partial charge in [-0.2, -0.15) is 13.2 Å². The Morgan fingerprint density at radius 3 is 2.39 bits per heavy atom. The van der Waals surface area contributed by atoms with E-state index in [0.29, 0.717) is 0 Å². The van der Waals surface area contributed by atoms with Gasteiger partial charge in [-0.3, -0.25) is 14.9 Å². The summed E-state index contributed by atoms with van der Waals surface area (Å²) in [6, 6.07) is 6.17. The fraction of sp³-hybridized carbons (Fsp3) is 0.214. The van der Waals surface area contributed by atoms with E-state index in [1.807, 2.05) is 0 Å². The highest BCUT2D eigenvalue weighted by Gasteiger charge is 2.36. The van der Waals surface area contributed by atoms with Gasteiger partial charge in [0.25, 0.3) is 5.91 Å². The number of amides is 2. The number of para-hydroxylation sites is 1. The average molecular weight is 343 g/mol. The van der Waals surface area contributed by atoms with Crippen molar-refractivity contribution in [2.45, 2.75) is 20.0 Å². The number of carbonyl (C=O) groups is 2. The standard InChI is InChI=1S/C14H12F3N3O2S/c1-7-11(14(15,16)17)19-13(23-7)20-12(22)9-5-3-4-6-10(9)18-8(2)21/h3-6H,1-2H3,(H,18,21)(H,19,20,22). The van der Waals surface area contributed by atoms with Gasteiger partial charge in [-0.25, -0.2) is 4.98 Å². The maximum atomic E-state index is 12.7. The molecule has 2 amide bonds. The molecule has 9 heteroatoms. The van der Waals surface area contributed by atoms with Gasteiger partial charge in [0.05, 0.1) is 11.3 Å². The largest absolute Gasteiger partial charge is 0.434 e. The monoisotopic (exact) mass is 343 g/mol. The molecule has 0 saturated heterocycles. The Hall–Kier alpha value is -2.42. The van der Waals surface area contributed by atoms with Crippen LogP contribution in [0.3, 0.4) is 0 Å². The molecule has 1 aromatic heterocycles. The minimum Gasteiger partial charge on any atom is -0.326 e. The summed E-state index contributed by atoms with van der Waals surface area (Å²) in [6.45, 7) is 2.57. The van der Waals surface area contributed by atoms with Crippen molar-refractivity contribution in [3.63, 3.8) is 0 Å². The van der Waals surface area contributed by atoms with Crippen molar-refractivity contribution < 1.29 is 22.8 Å². The van der Waals surface area contributed by atoms with Crippen molar-refractivity contribution >= 4 is 34.0 Å². The molecule has 0 fully saturated rings. The van der Waals surface area contributed by atoms with Gasteiger partial charge in [0.15, 0.2) is 10.8 Å². The van der Waals surface area contributed by atoms with E-state index in [-0.39, 0.29) is 27.2 Å². The van der Waals surface area contributed by atoms with Crippen LogP contribution < -0.4 is 10.6 Å². The van der Waals surface area contributed by atoms with Gasteiger partial charge in [0.1, 0.15) is 0 Å². The molecule has 0 unspecified atom stereocenters. The van der Waals surface area contributed by atoms with Gasteiger partial charge in [0.2, 0.25) is 5.91 Å². The van der Waals surface area contributed by atoms with Crippen LogP contribution in [0.4, 0.5) is 24.0 Å². The third kappa shape index (κ3) is 4.07. The van der Waals surface area contributed by atoms with E-state index in [1.165, 1.54) is 26.0 Å². The van der Waals surface area contributed by atoms with Gasteiger partial charge in [-0.05, 0) is 19.1 Å². The molecule has 2 aromatic rings. The number of alkyl halides is 3. The van der Waals surface area contributed by atoms with Crippen molar-refractivity contribution in [3.8, 4) is 0 Å². The zero-order valence-corrected chi connectivity index (χ0v) is 12.9. The first kappa shape index (κ1) is 16.9. The van der Waals surface area contributed by atoms with Crippen LogP contribution in [0.15, 0.2) is 24.3 Å². The molecule has 0 spiro atoms. The number of hydrogen-bond donors (Lipinski definition) is 2. The summed E-state index contributed by atoms with van der Waals surface area (Å²) in [5, 5.41) is 4.65. The Morgan fingerprint density at radius 2 is 1.83 bits per heavy atom. The topological polar surface area (TPSA) is 71.1 Å². The Kier molecular flexibility index (Phi) is 4.69. The molecule has 0 atom stereocenters. The van der Waals surface area contributed by atoms with Crippen molar-refractivity contribution in [2.24, 2.45) is 0 Å². The fourth-order valence-corrected chi connectivity index (χ4v) is 2.69. The van der Waals surface area contributed by atoms with Crippen LogP contribution in [0.2, 0.25) is 0 Å². The minimum absolute atomic E-state index is 0.0389. The summed E-state index contributed by atoms with van der Waals surface area (Å²) in [6.07, 6.45) is -4.57. The third-order valence-electron chi connectivity index (χ3n) is 2.77. The van der Waals surface area contributed by atoms with E-state index in [4.69, 9.17) is 0 Å². The molecule has 5 nitrogen and oxygen atoms in total. The van der Waals surface area contributed by atoms with Crippen LogP contribution in [-0.4, -0.2) is 16.8 Å². The molecular weight excluding hydrogens is 331 g/mol. The van der Waals surface area contributed by atoms with Crippen molar-refractivity contribution in [1.82, 2.24) is 4.98 Å². The molecule has 0 radical (unpaired) electrons. The second-order valence-corrected chi connectivity index (χ2v) is 5.81. The fourth-order valence-electron chi connectivity index (χ4n) is 1.86. The zero-order valence-electron chi connectivity index (χ0n) is 12.1. The number of aryl methyl sites for hydroxylation is 1. The molecule has 0 aliphatic heterocycles. The van der Waals surface area contributed by atoms with Gasteiger partial charge < -0.3 is 5.32 Å². The summed E-state index contributed by atoms with van der Waals surface area (Å²) >= 11 is 0.734. The highest BCUT2D eigenvalue weighted by molar-refractivity contribution is 7.15. The normalized spacial score (nSPS) is 11.2. The summed E-state index contributed by atoms with van der Waals surface area (Å²) in [5.41, 5.74) is -0.626. The highest BCUT2D eigenvalue weighted by Crippen LogP contribution is 2.35. The Labute approximate surface area is 133 Å². The van der Waals surface area contributed by atoms with Crippen molar-refractivity contribution in [3.05, 3.63) is 40.4 Å². The number of rotatable bonds is 3. The number of benzene rings is 1. The lowest BCUT2D eigenvalue weighted by molar-refractivity contribution is -0.141. The maximum absolute atomic E-state index is 12.7. The van der Waals surface area contributed by atoms with Gasteiger partial charge >= 0.3 is 6.18 Å². The minimum atomic E-state index is -4.57. The molecule has 1 heterocycles. The molecule has 23 heavy (non-hydrogen) atoms. The Balaban J connectivity index is 2.25. The van der Waals surface area contributed by atoms with Crippen LogP contribution in [0.1, 0.15) is 27.9 Å². The second kappa shape index (κ2) is 6.37. The van der Waals surface area contributed by atoms with E-state index < -0.39 is 17.8 Å². The van der Waals surface area contributed by atoms with E-state index >= 15 is 0 Å². The smallest absolute Gasteiger partial charge is 0.326 e. The number of hydrogen-bond acceptors (Lipinski definition) is 4. The number of thiazole rings is 1. The third-order valence-corrected chi connectivity index (χ3v) is 3.65. The quantitative estimate of drug-likeness (QED) is 0.893. The average Bonchev–Trinajstić information content (AvgIpc) is 2.79. The van der Waals surface area contributed by atoms with Crippen LogP contribution in [0, 0.1) is 6.92 Å². The Morgan fingerprint density at radius 1 is 1.17 bits per heavy atom. The van der Waals surface area contributed by atoms with Crippen molar-refractivity contribution in [2.75, 3.05) is 10.6 Å². The number of anilines is 2. The summed E-state index contributed by atoms with van der Waals surface area (Å²) in [7, 11) is 0. The van der Waals surface area contributed by atoms with E-state index in [1.54, 1.807) is 12.1 Å². The van der Waals surface area contributed by atoms with E-state index in [2.05, 4.69) is 15.6 Å². The zero-order chi connectivity index (χ0) is 17.2. The Bertz CT molecular complexity index is 756. The number of aromatic nitrogens is 1. The lowest BCUT2D eigenvalue weighted by atomic mass is 10.1. The summed E-state index contributed by atoms with van der Waals surface area (Å²) < 4.78 is 38.1. The molecular formula is C14H12F3N3O2S. The van der Waals surface area contributed by atoms with Crippen LogP contribution in [-0.2, 0) is 11.0 Å². The SMILES string of the molecule is CC(=O)Nc1ccccc1C(=O)Nc1nc(C(F)(F)F)c(C)s1. The first-order valence-electron chi connectivity index (χ1n) is 6.41. The molecule has 0 saturated carbocycles. The van der Waals surface area contributed by atoms with Crippen molar-refractivity contribution in [1.29, 1.82) is 0 Å². The molecule has 1 aromatic carbocycles. The molecule has 0 aliphatic rings. The number of halogens is 3. The first-order chi connectivity index (χ1) is 10.7. The number of nitrogens with zero attached hydrogens (tertiary/aromatic N) is 1. The maximum Gasteiger partial charge on any atom is 0.434 e. The first-order valence-corrected chi connectivity index (χ1v) is 7.22. The number of nitrogens with one attached hydrogen (secondary N) is 2. The van der Waals surface area contributed by atoms with Gasteiger partial charge in [-0.15, -0.1) is 11.3 Å². The lowest BCUT2D eigenvalue weighted by Crippen LogP contribution is -2.16. The molecule has 0 bridgehead atoms. The lowest BCUT2D eigenvalue weighted by Gasteiger charge is -2.08. The van der Waals surface area contributed by atoms with Crippen LogP contribution in [0.5, 0.6) is 0 Å². The molecule has 2 N–H and O–H groups in total. The molecule has 2 rings (SSSR count). The highest BCUT2D eigenvalue weighted by atomic mass is 32.1. The summed E-state index contributed by atoms with van der Waals surface area (Å²) in [5.74, 6) is -1.02. The van der Waals surface area contributed by atoms with Crippen LogP contribution in [0.25, 0.3) is 0 Å². The molecule has 122 valence electrons. The second-order valence-electron chi connectivity index (χ2n) is 4.60. The van der Waals surface area contributed by atoms with E-state index in [9.17, 15) is 22.8 Å². The predicted octanol–water partition coefficient (Wildman–Crippen LogP) is 3.68. The number of carbonyl (C=O) groups excluding carboxylic acids is 2. The van der Waals surface area contributed by atoms with Gasteiger partial charge in [-0.1, -0.05) is 12.1 Å². The van der Waals surface area contributed by atoms with Crippen LogP contribution >= 0.6 is 11.3 Å². The predicted molar refractivity (Wildman–Crippen MR) is 80.6 cm³/mol. The molecule has 0 aliphatic carbocycles. The van der Waals surface area contributed by atoms with E-state index in [0.717, 1.165) is 11.3 Å². The van der Waals surface area contributed by atoms with Gasteiger partial charge in [0, 0.05) is 11.8 Å².